The van der Waals surface area contributed by atoms with Crippen molar-refractivity contribution in [3.8, 4) is 0 Å². The number of carbonyl (C=O) groups is 1. The van der Waals surface area contributed by atoms with E-state index in [2.05, 4.69) is 10.6 Å². The van der Waals surface area contributed by atoms with Crippen LogP contribution >= 0.6 is 0 Å². The highest BCUT2D eigenvalue weighted by atomic mass is 16.5. The van der Waals surface area contributed by atoms with E-state index in [-0.39, 0.29) is 11.9 Å². The normalized spacial score (nSPS) is 25.7. The number of hydrogen-bond donors (Lipinski definition) is 2. The van der Waals surface area contributed by atoms with Crippen LogP contribution in [0.25, 0.3) is 0 Å². The van der Waals surface area contributed by atoms with Crippen LogP contribution in [0.1, 0.15) is 32.6 Å². The SMILES string of the molecule is COCCNC(=O)C(C)NC1CCCC(OC)C1. The van der Waals surface area contributed by atoms with Crippen molar-refractivity contribution in [3.05, 3.63) is 0 Å². The summed E-state index contributed by atoms with van der Waals surface area (Å²) in [7, 11) is 3.38. The molecule has 1 amide bonds. The second-order valence-corrected chi connectivity index (χ2v) is 4.89. The lowest BCUT2D eigenvalue weighted by atomic mass is 9.92. The first-order valence-corrected chi connectivity index (χ1v) is 6.72. The second kappa shape index (κ2) is 8.45. The Balaban J connectivity index is 2.25. The van der Waals surface area contributed by atoms with E-state index in [9.17, 15) is 4.79 Å². The highest BCUT2D eigenvalue weighted by Crippen LogP contribution is 2.20. The van der Waals surface area contributed by atoms with Gasteiger partial charge in [0.25, 0.3) is 0 Å². The molecule has 1 aliphatic rings. The molecule has 0 saturated heterocycles. The van der Waals surface area contributed by atoms with Crippen molar-refractivity contribution >= 4 is 5.91 Å². The number of rotatable bonds is 7. The van der Waals surface area contributed by atoms with Gasteiger partial charge < -0.3 is 20.1 Å². The smallest absolute Gasteiger partial charge is 0.236 e. The van der Waals surface area contributed by atoms with Gasteiger partial charge in [-0.15, -0.1) is 0 Å². The molecule has 0 aromatic heterocycles. The Morgan fingerprint density at radius 3 is 2.83 bits per heavy atom. The predicted molar refractivity (Wildman–Crippen MR) is 70.5 cm³/mol. The topological polar surface area (TPSA) is 59.6 Å². The summed E-state index contributed by atoms with van der Waals surface area (Å²) in [5.41, 5.74) is 0. The number of nitrogens with one attached hydrogen (secondary N) is 2. The van der Waals surface area contributed by atoms with Crippen LogP contribution in [0.4, 0.5) is 0 Å². The van der Waals surface area contributed by atoms with Gasteiger partial charge in [0.2, 0.25) is 5.91 Å². The Bertz CT molecular complexity index is 248. The summed E-state index contributed by atoms with van der Waals surface area (Å²) in [6.07, 6.45) is 4.74. The van der Waals surface area contributed by atoms with Gasteiger partial charge >= 0.3 is 0 Å². The average molecular weight is 258 g/mol. The van der Waals surface area contributed by atoms with Gasteiger partial charge in [-0.3, -0.25) is 4.79 Å². The first kappa shape index (κ1) is 15.4. The zero-order chi connectivity index (χ0) is 13.4. The molecular weight excluding hydrogens is 232 g/mol. The molecule has 5 nitrogen and oxygen atoms in total. The van der Waals surface area contributed by atoms with Crippen LogP contribution in [0.5, 0.6) is 0 Å². The molecule has 0 aromatic rings. The van der Waals surface area contributed by atoms with Gasteiger partial charge in [-0.2, -0.15) is 0 Å². The fourth-order valence-corrected chi connectivity index (χ4v) is 2.37. The van der Waals surface area contributed by atoms with Crippen molar-refractivity contribution in [2.75, 3.05) is 27.4 Å². The number of carbonyl (C=O) groups excluding carboxylic acids is 1. The predicted octanol–water partition coefficient (Wildman–Crippen LogP) is 0.685. The van der Waals surface area contributed by atoms with E-state index < -0.39 is 0 Å². The summed E-state index contributed by atoms with van der Waals surface area (Å²) >= 11 is 0. The molecule has 2 N–H and O–H groups in total. The summed E-state index contributed by atoms with van der Waals surface area (Å²) in [6.45, 7) is 3.01. The minimum absolute atomic E-state index is 0.0339. The summed E-state index contributed by atoms with van der Waals surface area (Å²) in [4.78, 5) is 11.8. The summed E-state index contributed by atoms with van der Waals surface area (Å²) < 4.78 is 10.3. The standard InChI is InChI=1S/C13H26N2O3/c1-10(13(16)14-7-8-17-2)15-11-5-4-6-12(9-11)18-3/h10-12,15H,4-9H2,1-3H3,(H,14,16). The Morgan fingerprint density at radius 1 is 1.39 bits per heavy atom. The summed E-state index contributed by atoms with van der Waals surface area (Å²) in [6, 6.07) is 0.217. The van der Waals surface area contributed by atoms with Crippen molar-refractivity contribution < 1.29 is 14.3 Å². The molecule has 5 heteroatoms. The van der Waals surface area contributed by atoms with Gasteiger partial charge in [0.15, 0.2) is 0 Å². The molecule has 1 saturated carbocycles. The molecule has 0 bridgehead atoms. The van der Waals surface area contributed by atoms with Crippen molar-refractivity contribution in [3.63, 3.8) is 0 Å². The fourth-order valence-electron chi connectivity index (χ4n) is 2.37. The third-order valence-electron chi connectivity index (χ3n) is 3.44. The van der Waals surface area contributed by atoms with Crippen LogP contribution in [-0.2, 0) is 14.3 Å². The number of methoxy groups -OCH3 is 2. The molecule has 1 aliphatic carbocycles. The van der Waals surface area contributed by atoms with E-state index in [0.717, 1.165) is 25.7 Å². The molecule has 106 valence electrons. The minimum Gasteiger partial charge on any atom is -0.383 e. The quantitative estimate of drug-likeness (QED) is 0.660. The highest BCUT2D eigenvalue weighted by Gasteiger charge is 2.24. The van der Waals surface area contributed by atoms with E-state index in [0.29, 0.717) is 25.3 Å². The van der Waals surface area contributed by atoms with E-state index in [1.807, 2.05) is 6.92 Å². The van der Waals surface area contributed by atoms with Gasteiger partial charge in [-0.05, 0) is 32.6 Å². The van der Waals surface area contributed by atoms with E-state index in [4.69, 9.17) is 9.47 Å². The summed E-state index contributed by atoms with van der Waals surface area (Å²) in [5, 5.41) is 6.22. The van der Waals surface area contributed by atoms with Crippen molar-refractivity contribution in [1.29, 1.82) is 0 Å². The maximum Gasteiger partial charge on any atom is 0.236 e. The van der Waals surface area contributed by atoms with Crippen molar-refractivity contribution in [1.82, 2.24) is 10.6 Å². The number of amides is 1. The Labute approximate surface area is 110 Å². The Kier molecular flexibility index (Phi) is 7.23. The average Bonchev–Trinajstić information content (AvgIpc) is 2.39. The van der Waals surface area contributed by atoms with Crippen LogP contribution < -0.4 is 10.6 Å². The highest BCUT2D eigenvalue weighted by molar-refractivity contribution is 5.81. The van der Waals surface area contributed by atoms with E-state index in [1.165, 1.54) is 0 Å². The fraction of sp³-hybridized carbons (Fsp3) is 0.923. The molecule has 0 spiro atoms. The van der Waals surface area contributed by atoms with Crippen LogP contribution in [0.2, 0.25) is 0 Å². The maximum atomic E-state index is 11.8. The maximum absolute atomic E-state index is 11.8. The lowest BCUT2D eigenvalue weighted by Gasteiger charge is -2.30. The van der Waals surface area contributed by atoms with E-state index >= 15 is 0 Å². The first-order valence-electron chi connectivity index (χ1n) is 6.72. The van der Waals surface area contributed by atoms with Crippen molar-refractivity contribution in [2.45, 2.75) is 50.8 Å². The van der Waals surface area contributed by atoms with Crippen LogP contribution in [0.3, 0.4) is 0 Å². The molecule has 3 atom stereocenters. The van der Waals surface area contributed by atoms with Crippen LogP contribution in [0, 0.1) is 0 Å². The largest absolute Gasteiger partial charge is 0.383 e. The molecule has 0 aliphatic heterocycles. The first-order chi connectivity index (χ1) is 8.67. The van der Waals surface area contributed by atoms with Gasteiger partial charge in [-0.25, -0.2) is 0 Å². The molecule has 0 radical (unpaired) electrons. The lowest BCUT2D eigenvalue weighted by Crippen LogP contribution is -2.49. The molecule has 0 aromatic carbocycles. The van der Waals surface area contributed by atoms with Gasteiger partial charge in [0.05, 0.1) is 18.8 Å². The molecular formula is C13H26N2O3. The third kappa shape index (κ3) is 5.33. The summed E-state index contributed by atoms with van der Waals surface area (Å²) in [5.74, 6) is 0.0339. The molecule has 3 unspecified atom stereocenters. The van der Waals surface area contributed by atoms with Gasteiger partial charge in [-0.1, -0.05) is 0 Å². The molecule has 1 rings (SSSR count). The monoisotopic (exact) mass is 258 g/mol. The Morgan fingerprint density at radius 2 is 2.17 bits per heavy atom. The van der Waals surface area contributed by atoms with E-state index in [1.54, 1.807) is 14.2 Å². The van der Waals surface area contributed by atoms with Crippen LogP contribution in [-0.4, -0.2) is 51.5 Å². The number of ether oxygens (including phenoxy) is 2. The second-order valence-electron chi connectivity index (χ2n) is 4.89. The Hall–Kier alpha value is -0.650. The van der Waals surface area contributed by atoms with Crippen molar-refractivity contribution in [2.24, 2.45) is 0 Å². The van der Waals surface area contributed by atoms with Gasteiger partial charge in [0, 0.05) is 26.8 Å². The van der Waals surface area contributed by atoms with Gasteiger partial charge in [0.1, 0.15) is 0 Å². The van der Waals surface area contributed by atoms with Crippen LogP contribution in [0.15, 0.2) is 0 Å². The molecule has 0 heterocycles. The molecule has 1 fully saturated rings. The lowest BCUT2D eigenvalue weighted by molar-refractivity contribution is -0.123. The number of hydrogen-bond acceptors (Lipinski definition) is 4. The zero-order valence-electron chi connectivity index (χ0n) is 11.7. The third-order valence-corrected chi connectivity index (χ3v) is 3.44. The molecule has 18 heavy (non-hydrogen) atoms. The zero-order valence-corrected chi connectivity index (χ0v) is 11.7. The minimum atomic E-state index is -0.164.